The molecule has 1 heterocycles. The van der Waals surface area contributed by atoms with Crippen molar-refractivity contribution < 1.29 is 14.3 Å². The second-order valence-electron chi connectivity index (χ2n) is 4.12. The first kappa shape index (κ1) is 12.4. The van der Waals surface area contributed by atoms with Crippen LogP contribution in [0.25, 0.3) is 0 Å². The quantitative estimate of drug-likeness (QED) is 0.589. The number of hydrogen-bond donors (Lipinski definition) is 0. The van der Waals surface area contributed by atoms with E-state index in [1.54, 1.807) is 18.0 Å². The highest BCUT2D eigenvalue weighted by Crippen LogP contribution is 2.31. The third-order valence-corrected chi connectivity index (χ3v) is 3.17. The molecule has 0 aromatic heterocycles. The Morgan fingerprint density at radius 1 is 1.39 bits per heavy atom. The SMILES string of the molecule is CCN1C(=O)C(=C=O)CCc2ccc(OC)cc21. The topological polar surface area (TPSA) is 46.6 Å². The molecule has 1 aromatic carbocycles. The first-order valence-electron chi connectivity index (χ1n) is 5.94. The van der Waals surface area contributed by atoms with Gasteiger partial charge in [-0.1, -0.05) is 6.07 Å². The van der Waals surface area contributed by atoms with Crippen LogP contribution in [0.5, 0.6) is 5.75 Å². The molecule has 0 bridgehead atoms. The number of carbonyl (C=O) groups is 1. The number of nitrogens with zero attached hydrogens (tertiary/aromatic N) is 1. The number of likely N-dealkylation sites (N-methyl/N-ethyl adjacent to an activating group) is 1. The molecule has 0 saturated heterocycles. The molecule has 1 amide bonds. The van der Waals surface area contributed by atoms with Crippen LogP contribution in [0.1, 0.15) is 18.9 Å². The van der Waals surface area contributed by atoms with Crippen LogP contribution in [0.3, 0.4) is 0 Å². The van der Waals surface area contributed by atoms with Gasteiger partial charge in [-0.25, -0.2) is 4.79 Å². The molecule has 1 aliphatic rings. The van der Waals surface area contributed by atoms with Crippen LogP contribution < -0.4 is 9.64 Å². The summed E-state index contributed by atoms with van der Waals surface area (Å²) in [6.45, 7) is 2.40. The molecule has 0 spiro atoms. The Balaban J connectivity index is 2.54. The summed E-state index contributed by atoms with van der Waals surface area (Å²) >= 11 is 0. The number of rotatable bonds is 2. The van der Waals surface area contributed by atoms with Crippen molar-refractivity contribution in [2.24, 2.45) is 0 Å². The maximum Gasteiger partial charge on any atom is 0.265 e. The maximum atomic E-state index is 12.2. The van der Waals surface area contributed by atoms with Gasteiger partial charge in [-0.3, -0.25) is 4.79 Å². The molecule has 4 nitrogen and oxygen atoms in total. The highest BCUT2D eigenvalue weighted by molar-refractivity contribution is 6.11. The number of benzene rings is 1. The van der Waals surface area contributed by atoms with Gasteiger partial charge in [0.25, 0.3) is 5.91 Å². The van der Waals surface area contributed by atoms with Crippen LogP contribution in [-0.2, 0) is 16.0 Å². The zero-order chi connectivity index (χ0) is 13.1. The Kier molecular flexibility index (Phi) is 3.49. The molecule has 0 fully saturated rings. The lowest BCUT2D eigenvalue weighted by Gasteiger charge is -2.21. The van der Waals surface area contributed by atoms with Crippen molar-refractivity contribution in [3.8, 4) is 5.75 Å². The molecule has 0 aliphatic carbocycles. The van der Waals surface area contributed by atoms with E-state index >= 15 is 0 Å². The van der Waals surface area contributed by atoms with E-state index in [2.05, 4.69) is 0 Å². The molecule has 1 aliphatic heterocycles. The lowest BCUT2D eigenvalue weighted by Crippen LogP contribution is -2.31. The van der Waals surface area contributed by atoms with Crippen molar-refractivity contribution in [2.45, 2.75) is 19.8 Å². The van der Waals surface area contributed by atoms with Crippen molar-refractivity contribution in [1.82, 2.24) is 0 Å². The number of methoxy groups -OCH3 is 1. The summed E-state index contributed by atoms with van der Waals surface area (Å²) in [7, 11) is 1.59. The van der Waals surface area contributed by atoms with E-state index in [1.807, 2.05) is 25.1 Å². The van der Waals surface area contributed by atoms with Crippen molar-refractivity contribution in [2.75, 3.05) is 18.6 Å². The molecule has 18 heavy (non-hydrogen) atoms. The summed E-state index contributed by atoms with van der Waals surface area (Å²) < 4.78 is 5.18. The minimum atomic E-state index is -0.250. The Bertz CT molecular complexity index is 530. The molecule has 0 atom stereocenters. The molecule has 1 aromatic rings. The first-order valence-corrected chi connectivity index (χ1v) is 5.94. The van der Waals surface area contributed by atoms with Crippen LogP contribution >= 0.6 is 0 Å². The standard InChI is InChI=1S/C14H15NO3/c1-3-15-13-8-12(18-2)7-6-10(13)4-5-11(9-16)14(15)17/h6-8H,3-5H2,1-2H3. The monoisotopic (exact) mass is 245 g/mol. The van der Waals surface area contributed by atoms with Crippen LogP contribution in [0.4, 0.5) is 5.69 Å². The Hall–Kier alpha value is -2.06. The van der Waals surface area contributed by atoms with Gasteiger partial charge in [-0.2, -0.15) is 0 Å². The fourth-order valence-electron chi connectivity index (χ4n) is 2.18. The van der Waals surface area contributed by atoms with Gasteiger partial charge < -0.3 is 9.64 Å². The van der Waals surface area contributed by atoms with Gasteiger partial charge in [0.05, 0.1) is 12.8 Å². The van der Waals surface area contributed by atoms with Crippen LogP contribution in [-0.4, -0.2) is 25.5 Å². The number of aryl methyl sites for hydroxylation is 1. The molecule has 0 unspecified atom stereocenters. The largest absolute Gasteiger partial charge is 0.497 e. The van der Waals surface area contributed by atoms with E-state index in [0.717, 1.165) is 11.3 Å². The van der Waals surface area contributed by atoms with Gasteiger partial charge in [0.1, 0.15) is 17.3 Å². The summed E-state index contributed by atoms with van der Waals surface area (Å²) in [6, 6.07) is 5.65. The van der Waals surface area contributed by atoms with Crippen molar-refractivity contribution in [3.05, 3.63) is 29.3 Å². The average molecular weight is 245 g/mol. The van der Waals surface area contributed by atoms with Gasteiger partial charge in [0, 0.05) is 12.6 Å². The van der Waals surface area contributed by atoms with Gasteiger partial charge in [0.2, 0.25) is 0 Å². The molecule has 0 saturated carbocycles. The van der Waals surface area contributed by atoms with E-state index in [0.29, 0.717) is 25.1 Å². The third kappa shape index (κ3) is 2.03. The molecule has 0 N–H and O–H groups in total. The predicted molar refractivity (Wildman–Crippen MR) is 68.5 cm³/mol. The Labute approximate surface area is 106 Å². The van der Waals surface area contributed by atoms with Crippen molar-refractivity contribution in [1.29, 1.82) is 0 Å². The maximum absolute atomic E-state index is 12.2. The van der Waals surface area contributed by atoms with Crippen LogP contribution in [0, 0.1) is 0 Å². The zero-order valence-corrected chi connectivity index (χ0v) is 10.5. The average Bonchev–Trinajstić information content (AvgIpc) is 2.53. The minimum Gasteiger partial charge on any atom is -0.497 e. The number of hydrogen-bond acceptors (Lipinski definition) is 3. The molecule has 4 heteroatoms. The van der Waals surface area contributed by atoms with Gasteiger partial charge in [-0.15, -0.1) is 0 Å². The minimum absolute atomic E-state index is 0.215. The Morgan fingerprint density at radius 3 is 2.78 bits per heavy atom. The molecular weight excluding hydrogens is 230 g/mol. The van der Waals surface area contributed by atoms with Crippen LogP contribution in [0.15, 0.2) is 23.8 Å². The van der Waals surface area contributed by atoms with Gasteiger partial charge >= 0.3 is 0 Å². The number of anilines is 1. The summed E-state index contributed by atoms with van der Waals surface area (Å²) in [4.78, 5) is 24.6. The highest BCUT2D eigenvalue weighted by Gasteiger charge is 2.25. The van der Waals surface area contributed by atoms with Gasteiger partial charge in [0.15, 0.2) is 0 Å². The van der Waals surface area contributed by atoms with E-state index in [4.69, 9.17) is 4.74 Å². The lowest BCUT2D eigenvalue weighted by atomic mass is 10.1. The number of carbonyl (C=O) groups excluding carboxylic acids is 2. The lowest BCUT2D eigenvalue weighted by molar-refractivity contribution is -0.115. The van der Waals surface area contributed by atoms with E-state index in [1.165, 1.54) is 0 Å². The summed E-state index contributed by atoms with van der Waals surface area (Å²) in [5.74, 6) is 2.22. The molecule has 0 radical (unpaired) electrons. The fraction of sp³-hybridized carbons (Fsp3) is 0.357. The van der Waals surface area contributed by atoms with Gasteiger partial charge in [-0.05, 0) is 31.4 Å². The first-order chi connectivity index (χ1) is 8.71. The zero-order valence-electron chi connectivity index (χ0n) is 10.5. The summed E-state index contributed by atoms with van der Waals surface area (Å²) in [6.07, 6.45) is 1.12. The van der Waals surface area contributed by atoms with Crippen molar-refractivity contribution >= 4 is 17.5 Å². The second-order valence-corrected chi connectivity index (χ2v) is 4.12. The van der Waals surface area contributed by atoms with Crippen LogP contribution in [0.2, 0.25) is 0 Å². The smallest absolute Gasteiger partial charge is 0.265 e. The molecular formula is C14H15NO3. The molecule has 2 rings (SSSR count). The Morgan fingerprint density at radius 2 is 2.17 bits per heavy atom. The second kappa shape index (κ2) is 5.07. The third-order valence-electron chi connectivity index (χ3n) is 3.17. The predicted octanol–water partition coefficient (Wildman–Crippen LogP) is 1.75. The van der Waals surface area contributed by atoms with Crippen molar-refractivity contribution in [3.63, 3.8) is 0 Å². The van der Waals surface area contributed by atoms with E-state index in [-0.39, 0.29) is 11.5 Å². The summed E-state index contributed by atoms with van der Waals surface area (Å²) in [5.41, 5.74) is 2.09. The molecule has 94 valence electrons. The van der Waals surface area contributed by atoms with E-state index < -0.39 is 0 Å². The fourth-order valence-corrected chi connectivity index (χ4v) is 2.18. The number of amides is 1. The number of ether oxygens (including phenoxy) is 1. The summed E-state index contributed by atoms with van der Waals surface area (Å²) in [5, 5.41) is 0. The highest BCUT2D eigenvalue weighted by atomic mass is 16.5. The normalized spacial score (nSPS) is 14.9. The van der Waals surface area contributed by atoms with E-state index in [9.17, 15) is 9.59 Å². The number of fused-ring (bicyclic) bond motifs is 1.